The lowest BCUT2D eigenvalue weighted by Gasteiger charge is -2.40. The molecule has 0 aromatic heterocycles. The summed E-state index contributed by atoms with van der Waals surface area (Å²) in [6, 6.07) is 0. The lowest BCUT2D eigenvalue weighted by Crippen LogP contribution is -2.32. The minimum atomic E-state index is -0.173. The molecule has 0 unspecified atom stereocenters. The average molecular weight is 705 g/mol. The van der Waals surface area contributed by atoms with Gasteiger partial charge in [0, 0.05) is 49.2 Å². The van der Waals surface area contributed by atoms with Gasteiger partial charge in [0.2, 0.25) is 0 Å². The lowest BCUT2D eigenvalue weighted by molar-refractivity contribution is -0.140. The number of carbonyl (C=O) groups excluding carboxylic acids is 2. The molecule has 6 nitrogen and oxygen atoms in total. The summed E-state index contributed by atoms with van der Waals surface area (Å²) >= 11 is 0. The van der Waals surface area contributed by atoms with Gasteiger partial charge in [-0.05, 0) is 83.1 Å². The molecular weight excluding hydrogens is 645 g/mol. The van der Waals surface area contributed by atoms with Crippen LogP contribution in [0.4, 0.5) is 0 Å². The predicted octanol–water partition coefficient (Wildman–Crippen LogP) is 11.0. The normalized spacial score (nSPS) is 23.2. The van der Waals surface area contributed by atoms with E-state index in [1.54, 1.807) is 0 Å². The molecule has 0 spiro atoms. The number of hydrogen-bond acceptors (Lipinski definition) is 6. The van der Waals surface area contributed by atoms with Gasteiger partial charge in [-0.3, -0.25) is 9.59 Å². The van der Waals surface area contributed by atoms with Crippen LogP contribution in [-0.4, -0.2) is 35.8 Å². The molecule has 0 radical (unpaired) electrons. The molecule has 6 rings (SSSR count). The van der Waals surface area contributed by atoms with E-state index < -0.39 is 0 Å². The number of carbonyl (C=O) groups is 2. The van der Waals surface area contributed by atoms with Crippen molar-refractivity contribution >= 4 is 11.9 Å². The van der Waals surface area contributed by atoms with Crippen LogP contribution in [0.15, 0.2) is 117 Å². The highest BCUT2D eigenvalue weighted by Gasteiger charge is 2.37. The van der Waals surface area contributed by atoms with Crippen LogP contribution in [0, 0.1) is 21.7 Å². The standard InChI is InChI=1S/C46H60N2O4/c1-43(2)21-19-31-23-33-25-45(5,6)29-37(41(33)47(9)35(31)27-43)51-39(49)17-15-13-11-12-14-16-18-40(50)52-38-30-46(7,8)26-34-24-32-20-22-44(3,4)28-36(32)48(10)42(34)38/h19-24,27-30H,11-18,25-26H2,1-10H3. The van der Waals surface area contributed by atoms with Gasteiger partial charge < -0.3 is 19.3 Å². The molecule has 0 saturated heterocycles. The molecule has 0 N–H and O–H groups in total. The summed E-state index contributed by atoms with van der Waals surface area (Å²) in [5, 5.41) is 0. The maximum atomic E-state index is 13.1. The van der Waals surface area contributed by atoms with E-state index in [1.807, 2.05) is 0 Å². The van der Waals surface area contributed by atoms with E-state index in [4.69, 9.17) is 9.47 Å². The van der Waals surface area contributed by atoms with E-state index in [2.05, 4.69) is 140 Å². The fraction of sp³-hybridized carbons (Fsp3) is 0.522. The second-order valence-electron chi connectivity index (χ2n) is 18.4. The second kappa shape index (κ2) is 14.1. The molecule has 0 aromatic carbocycles. The van der Waals surface area contributed by atoms with Crippen LogP contribution in [0.5, 0.6) is 0 Å². The summed E-state index contributed by atoms with van der Waals surface area (Å²) in [7, 11) is 4.17. The molecule has 6 aliphatic rings. The Morgan fingerprint density at radius 3 is 1.33 bits per heavy atom. The minimum Gasteiger partial charge on any atom is -0.425 e. The number of likely N-dealkylation sites (N-methyl/N-ethyl adjacent to an activating group) is 2. The zero-order chi connectivity index (χ0) is 37.6. The van der Waals surface area contributed by atoms with Gasteiger partial charge in [0.25, 0.3) is 0 Å². The van der Waals surface area contributed by atoms with Crippen LogP contribution >= 0.6 is 0 Å². The Morgan fingerprint density at radius 1 is 0.577 bits per heavy atom. The first kappa shape index (κ1) is 37.7. The molecule has 0 atom stereocenters. The maximum absolute atomic E-state index is 13.1. The lowest BCUT2D eigenvalue weighted by atomic mass is 9.76. The summed E-state index contributed by atoms with van der Waals surface area (Å²) < 4.78 is 12.2. The van der Waals surface area contributed by atoms with Crippen molar-refractivity contribution in [2.75, 3.05) is 14.1 Å². The highest BCUT2D eigenvalue weighted by molar-refractivity contribution is 5.73. The topological polar surface area (TPSA) is 59.1 Å². The van der Waals surface area contributed by atoms with Crippen molar-refractivity contribution in [1.82, 2.24) is 9.80 Å². The Hall–Kier alpha value is -4.06. The summed E-state index contributed by atoms with van der Waals surface area (Å²) in [5.41, 5.74) is 8.95. The van der Waals surface area contributed by atoms with Crippen molar-refractivity contribution < 1.29 is 19.1 Å². The largest absolute Gasteiger partial charge is 0.425 e. The molecule has 0 fully saturated rings. The number of hydrogen-bond donors (Lipinski definition) is 0. The SMILES string of the molecule is CN1C2=CC(C)(C)C=CC2=CC2=C1C(OC(=O)CCCCCCCCC(=O)OC1=CC(C)(C)CC3=C1N(C)C1=CC(C)(C)C=CC1=C3)=CC(C)(C)C2. The minimum absolute atomic E-state index is 0.0265. The van der Waals surface area contributed by atoms with E-state index >= 15 is 0 Å². The van der Waals surface area contributed by atoms with Gasteiger partial charge in [0.15, 0.2) is 11.5 Å². The van der Waals surface area contributed by atoms with Gasteiger partial charge in [-0.1, -0.05) is 118 Å². The van der Waals surface area contributed by atoms with Crippen molar-refractivity contribution in [1.29, 1.82) is 0 Å². The monoisotopic (exact) mass is 704 g/mol. The van der Waals surface area contributed by atoms with Crippen molar-refractivity contribution in [3.05, 3.63) is 117 Å². The molecule has 6 heteroatoms. The Bertz CT molecular complexity index is 1710. The highest BCUT2D eigenvalue weighted by atomic mass is 16.5. The van der Waals surface area contributed by atoms with Gasteiger partial charge in [-0.2, -0.15) is 0 Å². The zero-order valence-electron chi connectivity index (χ0n) is 33.4. The van der Waals surface area contributed by atoms with Gasteiger partial charge >= 0.3 is 11.9 Å². The molecule has 2 aliphatic heterocycles. The quantitative estimate of drug-likeness (QED) is 0.158. The van der Waals surface area contributed by atoms with Gasteiger partial charge in [0.1, 0.15) is 0 Å². The fourth-order valence-corrected chi connectivity index (χ4v) is 8.35. The molecule has 0 saturated carbocycles. The van der Waals surface area contributed by atoms with Crippen molar-refractivity contribution in [2.45, 2.75) is 120 Å². The summed E-state index contributed by atoms with van der Waals surface area (Å²) in [4.78, 5) is 30.6. The van der Waals surface area contributed by atoms with Crippen LogP contribution in [-0.2, 0) is 19.1 Å². The number of unbranched alkanes of at least 4 members (excludes halogenated alkanes) is 5. The smallest absolute Gasteiger partial charge is 0.311 e. The number of rotatable bonds is 11. The van der Waals surface area contributed by atoms with E-state index in [9.17, 15) is 9.59 Å². The summed E-state index contributed by atoms with van der Waals surface area (Å²) in [6.07, 6.45) is 30.5. The predicted molar refractivity (Wildman–Crippen MR) is 210 cm³/mol. The van der Waals surface area contributed by atoms with Crippen LogP contribution in [0.25, 0.3) is 0 Å². The first-order valence-corrected chi connectivity index (χ1v) is 19.4. The molecular formula is C46H60N2O4. The molecule has 0 bridgehead atoms. The molecule has 2 heterocycles. The molecule has 278 valence electrons. The van der Waals surface area contributed by atoms with Crippen LogP contribution in [0.2, 0.25) is 0 Å². The van der Waals surface area contributed by atoms with Crippen LogP contribution in [0.1, 0.15) is 120 Å². The van der Waals surface area contributed by atoms with E-state index in [-0.39, 0.29) is 33.6 Å². The molecule has 52 heavy (non-hydrogen) atoms. The fourth-order valence-electron chi connectivity index (χ4n) is 8.35. The van der Waals surface area contributed by atoms with Crippen molar-refractivity contribution in [2.24, 2.45) is 21.7 Å². The number of nitrogens with zero attached hydrogens (tertiary/aromatic N) is 2. The first-order valence-electron chi connectivity index (χ1n) is 19.4. The third-order valence-electron chi connectivity index (χ3n) is 10.9. The van der Waals surface area contributed by atoms with Crippen molar-refractivity contribution in [3.8, 4) is 0 Å². The third-order valence-corrected chi connectivity index (χ3v) is 10.9. The number of allylic oxidation sites excluding steroid dienone is 12. The average Bonchev–Trinajstić information content (AvgIpc) is 3.01. The highest BCUT2D eigenvalue weighted by Crippen LogP contribution is 2.48. The second-order valence-corrected chi connectivity index (χ2v) is 18.4. The van der Waals surface area contributed by atoms with E-state index in [1.165, 1.54) is 22.3 Å². The number of esters is 2. The van der Waals surface area contributed by atoms with Gasteiger partial charge in [-0.25, -0.2) is 0 Å². The van der Waals surface area contributed by atoms with Gasteiger partial charge in [0.05, 0.1) is 11.4 Å². The number of ether oxygens (including phenoxy) is 2. The Labute approximate surface area is 312 Å². The van der Waals surface area contributed by atoms with Gasteiger partial charge in [-0.15, -0.1) is 0 Å². The summed E-state index contributed by atoms with van der Waals surface area (Å²) in [6.45, 7) is 17.6. The Kier molecular flexibility index (Phi) is 10.2. The van der Waals surface area contributed by atoms with E-state index in [0.717, 1.165) is 74.2 Å². The zero-order valence-corrected chi connectivity index (χ0v) is 33.4. The molecule has 0 amide bonds. The van der Waals surface area contributed by atoms with Crippen molar-refractivity contribution in [3.63, 3.8) is 0 Å². The number of fused-ring (bicyclic) bond motifs is 2. The Morgan fingerprint density at radius 2 is 0.942 bits per heavy atom. The third kappa shape index (κ3) is 8.43. The summed E-state index contributed by atoms with van der Waals surface area (Å²) in [5.74, 6) is 1.01. The first-order chi connectivity index (χ1) is 24.3. The molecule has 4 aliphatic carbocycles. The van der Waals surface area contributed by atoms with Crippen LogP contribution < -0.4 is 0 Å². The van der Waals surface area contributed by atoms with Crippen LogP contribution in [0.3, 0.4) is 0 Å². The van der Waals surface area contributed by atoms with E-state index in [0.29, 0.717) is 24.4 Å². The Balaban J connectivity index is 0.941. The maximum Gasteiger partial charge on any atom is 0.311 e. The molecule has 0 aromatic rings.